The number of benzene rings is 2. The zero-order valence-corrected chi connectivity index (χ0v) is 20.6. The summed E-state index contributed by atoms with van der Waals surface area (Å²) in [5, 5.41) is 9.27. The van der Waals surface area contributed by atoms with Gasteiger partial charge in [-0.1, -0.05) is 45.7 Å². The summed E-state index contributed by atoms with van der Waals surface area (Å²) in [4.78, 5) is 2.20. The molecule has 32 heavy (non-hydrogen) atoms. The summed E-state index contributed by atoms with van der Waals surface area (Å²) in [5.74, 6) is 1.06. The van der Waals surface area contributed by atoms with Crippen LogP contribution < -0.4 is 9.64 Å². The fourth-order valence-corrected chi connectivity index (χ4v) is 5.89. The number of hydrogen-bond acceptors (Lipinski definition) is 6. The molecular formula is C22H22BrClN4O3S. The number of hydrogen-bond donors (Lipinski definition) is 0. The van der Waals surface area contributed by atoms with Gasteiger partial charge in [-0.15, -0.1) is 10.2 Å². The van der Waals surface area contributed by atoms with E-state index in [-0.39, 0.29) is 4.90 Å². The smallest absolute Gasteiger partial charge is 0.246 e. The molecule has 3 aromatic rings. The number of piperazine rings is 1. The minimum atomic E-state index is -3.69. The first-order valence-electron chi connectivity index (χ1n) is 10.2. The lowest BCUT2D eigenvalue weighted by molar-refractivity contribution is 0.327. The number of rotatable bonds is 6. The first-order valence-corrected chi connectivity index (χ1v) is 12.8. The molecule has 0 amide bonds. The van der Waals surface area contributed by atoms with Crippen LogP contribution in [0.15, 0.2) is 64.0 Å². The first kappa shape index (κ1) is 23.0. The van der Waals surface area contributed by atoms with E-state index in [1.54, 1.807) is 18.2 Å². The Labute approximate surface area is 201 Å². The summed E-state index contributed by atoms with van der Waals surface area (Å²) in [6.45, 7) is 3.92. The van der Waals surface area contributed by atoms with Crippen LogP contribution in [0.5, 0.6) is 5.75 Å². The van der Waals surface area contributed by atoms with Gasteiger partial charge in [-0.05, 0) is 43.3 Å². The quantitative estimate of drug-likeness (QED) is 0.462. The van der Waals surface area contributed by atoms with Crippen LogP contribution >= 0.6 is 27.5 Å². The number of halogens is 2. The Morgan fingerprint density at radius 3 is 2.44 bits per heavy atom. The van der Waals surface area contributed by atoms with Gasteiger partial charge >= 0.3 is 0 Å². The third-order valence-electron chi connectivity index (χ3n) is 5.19. The van der Waals surface area contributed by atoms with Crippen molar-refractivity contribution in [3.63, 3.8) is 0 Å². The average molecular weight is 538 g/mol. The summed E-state index contributed by atoms with van der Waals surface area (Å²) >= 11 is 9.61. The zero-order valence-electron chi connectivity index (χ0n) is 17.4. The zero-order chi connectivity index (χ0) is 22.7. The minimum absolute atomic E-state index is 0.172. The third kappa shape index (κ3) is 4.76. The Balaban J connectivity index is 1.47. The summed E-state index contributed by atoms with van der Waals surface area (Å²) < 4.78 is 34.3. The number of anilines is 1. The predicted octanol–water partition coefficient (Wildman–Crippen LogP) is 4.47. The Kier molecular flexibility index (Phi) is 6.99. The normalized spacial score (nSPS) is 15.0. The highest BCUT2D eigenvalue weighted by Crippen LogP contribution is 2.31. The number of ether oxygens (including phenoxy) is 1. The second kappa shape index (κ2) is 9.74. The van der Waals surface area contributed by atoms with E-state index in [9.17, 15) is 8.42 Å². The first-order chi connectivity index (χ1) is 15.4. The Bertz CT molecular complexity index is 1200. The molecule has 0 radical (unpaired) electrons. The van der Waals surface area contributed by atoms with Gasteiger partial charge in [0.2, 0.25) is 10.0 Å². The van der Waals surface area contributed by atoms with Gasteiger partial charge in [0.15, 0.2) is 5.82 Å². The largest absolute Gasteiger partial charge is 0.492 e. The molecule has 168 valence electrons. The molecule has 1 fully saturated rings. The van der Waals surface area contributed by atoms with E-state index < -0.39 is 10.0 Å². The molecule has 2 aromatic carbocycles. The summed E-state index contributed by atoms with van der Waals surface area (Å²) in [6, 6.07) is 16.3. The molecule has 7 nitrogen and oxygen atoms in total. The van der Waals surface area contributed by atoms with E-state index in [0.717, 1.165) is 5.56 Å². The molecule has 0 unspecified atom stereocenters. The predicted molar refractivity (Wildman–Crippen MR) is 129 cm³/mol. The van der Waals surface area contributed by atoms with Gasteiger partial charge in [-0.2, -0.15) is 4.31 Å². The van der Waals surface area contributed by atoms with Crippen molar-refractivity contribution in [3.05, 3.63) is 64.1 Å². The number of sulfonamides is 1. The van der Waals surface area contributed by atoms with E-state index in [2.05, 4.69) is 26.1 Å². The molecule has 1 saturated heterocycles. The van der Waals surface area contributed by atoms with Gasteiger partial charge < -0.3 is 9.64 Å². The van der Waals surface area contributed by atoms with Crippen molar-refractivity contribution in [1.82, 2.24) is 14.5 Å². The Morgan fingerprint density at radius 2 is 1.78 bits per heavy atom. The van der Waals surface area contributed by atoms with Crippen LogP contribution in [0.4, 0.5) is 5.82 Å². The van der Waals surface area contributed by atoms with Crippen molar-refractivity contribution >= 4 is 43.4 Å². The van der Waals surface area contributed by atoms with Crippen LogP contribution in [0.25, 0.3) is 11.3 Å². The molecule has 2 heterocycles. The molecule has 0 atom stereocenters. The van der Waals surface area contributed by atoms with Crippen LogP contribution in [0.3, 0.4) is 0 Å². The van der Waals surface area contributed by atoms with Crippen molar-refractivity contribution in [2.75, 3.05) is 37.7 Å². The van der Waals surface area contributed by atoms with Crippen molar-refractivity contribution in [3.8, 4) is 17.0 Å². The van der Waals surface area contributed by atoms with E-state index in [1.165, 1.54) is 4.31 Å². The average Bonchev–Trinajstić information content (AvgIpc) is 2.81. The molecule has 1 aliphatic heterocycles. The van der Waals surface area contributed by atoms with Gasteiger partial charge in [0.05, 0.1) is 17.3 Å². The van der Waals surface area contributed by atoms with Crippen molar-refractivity contribution in [2.24, 2.45) is 0 Å². The number of aromatic nitrogens is 2. The van der Waals surface area contributed by atoms with E-state index in [4.69, 9.17) is 16.3 Å². The maximum absolute atomic E-state index is 13.3. The number of nitrogens with zero attached hydrogens (tertiary/aromatic N) is 4. The molecule has 0 saturated carbocycles. The van der Waals surface area contributed by atoms with Crippen molar-refractivity contribution in [1.29, 1.82) is 0 Å². The summed E-state index contributed by atoms with van der Waals surface area (Å²) in [7, 11) is -3.69. The lowest BCUT2D eigenvalue weighted by Gasteiger charge is -2.34. The Morgan fingerprint density at radius 1 is 1.03 bits per heavy atom. The molecule has 0 bridgehead atoms. The maximum Gasteiger partial charge on any atom is 0.246 e. The molecule has 0 aliphatic carbocycles. The molecule has 0 N–H and O–H groups in total. The Hall–Kier alpha value is -2.20. The third-order valence-corrected chi connectivity index (χ3v) is 7.93. The monoisotopic (exact) mass is 536 g/mol. The summed E-state index contributed by atoms with van der Waals surface area (Å²) in [5.41, 5.74) is 1.52. The second-order valence-corrected chi connectivity index (χ2v) is 10.4. The van der Waals surface area contributed by atoms with Crippen LogP contribution in [-0.4, -0.2) is 55.7 Å². The second-order valence-electron chi connectivity index (χ2n) is 7.17. The van der Waals surface area contributed by atoms with Gasteiger partial charge in [0.1, 0.15) is 10.6 Å². The fraction of sp³-hybridized carbons (Fsp3) is 0.273. The van der Waals surface area contributed by atoms with Crippen molar-refractivity contribution in [2.45, 2.75) is 11.8 Å². The molecule has 1 aromatic heterocycles. The van der Waals surface area contributed by atoms with Gasteiger partial charge in [-0.25, -0.2) is 8.42 Å². The molecular weight excluding hydrogens is 516 g/mol. The topological polar surface area (TPSA) is 75.6 Å². The minimum Gasteiger partial charge on any atom is -0.492 e. The lowest BCUT2D eigenvalue weighted by Crippen LogP contribution is -2.49. The van der Waals surface area contributed by atoms with Gasteiger partial charge in [-0.3, -0.25) is 0 Å². The molecule has 1 aliphatic rings. The van der Waals surface area contributed by atoms with Crippen LogP contribution in [0.2, 0.25) is 5.02 Å². The van der Waals surface area contributed by atoms with Crippen LogP contribution in [0.1, 0.15) is 6.92 Å². The SMILES string of the molecule is CCOc1ccc(Br)cc1S(=O)(=O)N1CCN(c2ccc(-c3ccccc3Cl)nn2)CC1. The highest BCUT2D eigenvalue weighted by atomic mass is 79.9. The van der Waals surface area contributed by atoms with Crippen LogP contribution in [-0.2, 0) is 10.0 Å². The van der Waals surface area contributed by atoms with E-state index >= 15 is 0 Å². The maximum atomic E-state index is 13.3. The highest BCUT2D eigenvalue weighted by molar-refractivity contribution is 9.10. The van der Waals surface area contributed by atoms with Gasteiger partial charge in [0.25, 0.3) is 0 Å². The van der Waals surface area contributed by atoms with Crippen molar-refractivity contribution < 1.29 is 13.2 Å². The molecule has 0 spiro atoms. The van der Waals surface area contributed by atoms with E-state index in [0.29, 0.717) is 59.5 Å². The fourth-order valence-electron chi connectivity index (χ4n) is 3.56. The highest BCUT2D eigenvalue weighted by Gasteiger charge is 2.31. The summed E-state index contributed by atoms with van der Waals surface area (Å²) in [6.07, 6.45) is 0. The standard InChI is InChI=1S/C22H22BrClN4O3S/c1-2-31-20-9-7-16(23)15-21(20)32(29,30)28-13-11-27(12-14-28)22-10-8-19(25-26-22)17-5-3-4-6-18(17)24/h3-10,15H,2,11-14H2,1H3. The van der Waals surface area contributed by atoms with E-state index in [1.807, 2.05) is 48.2 Å². The molecule has 4 rings (SSSR count). The molecule has 10 heteroatoms. The van der Waals surface area contributed by atoms with Crippen LogP contribution in [0, 0.1) is 0 Å². The lowest BCUT2D eigenvalue weighted by atomic mass is 10.1. The van der Waals surface area contributed by atoms with Gasteiger partial charge in [0, 0.05) is 36.2 Å².